The van der Waals surface area contributed by atoms with Crippen LogP contribution >= 0.6 is 11.3 Å². The van der Waals surface area contributed by atoms with Crippen molar-refractivity contribution in [1.82, 2.24) is 15.7 Å². The summed E-state index contributed by atoms with van der Waals surface area (Å²) in [6, 6.07) is 17.7. The third kappa shape index (κ3) is 4.64. The summed E-state index contributed by atoms with van der Waals surface area (Å²) < 4.78 is 0.842. The van der Waals surface area contributed by atoms with Crippen molar-refractivity contribution >= 4 is 33.2 Å². The van der Waals surface area contributed by atoms with Gasteiger partial charge >= 0.3 is 0 Å². The van der Waals surface area contributed by atoms with Crippen molar-refractivity contribution in [1.29, 1.82) is 0 Å². The summed E-state index contributed by atoms with van der Waals surface area (Å²) in [5, 5.41) is 12.8. The molecule has 0 saturated carbocycles. The number of benzene rings is 2. The molecule has 6 nitrogen and oxygen atoms in total. The highest BCUT2D eigenvalue weighted by atomic mass is 32.1. The molecule has 2 heterocycles. The predicted molar refractivity (Wildman–Crippen MR) is 113 cm³/mol. The quantitative estimate of drug-likeness (QED) is 0.446. The molecule has 150 valence electrons. The average Bonchev–Trinajstić information content (AvgIpc) is 3.18. The van der Waals surface area contributed by atoms with Gasteiger partial charge in [0.25, 0.3) is 11.8 Å². The SMILES string of the molecule is O=C(NC1CCN(Cc2ccccc2)CC1)c1ccc2cc(C(=O)NO)sc2c1. The lowest BCUT2D eigenvalue weighted by atomic mass is 10.0. The summed E-state index contributed by atoms with van der Waals surface area (Å²) in [7, 11) is 0. The van der Waals surface area contributed by atoms with Gasteiger partial charge < -0.3 is 5.32 Å². The smallest absolute Gasteiger partial charge is 0.284 e. The zero-order chi connectivity index (χ0) is 20.2. The van der Waals surface area contributed by atoms with E-state index in [-0.39, 0.29) is 11.9 Å². The summed E-state index contributed by atoms with van der Waals surface area (Å²) in [4.78, 5) is 27.1. The van der Waals surface area contributed by atoms with Crippen LogP contribution in [0.2, 0.25) is 0 Å². The van der Waals surface area contributed by atoms with E-state index < -0.39 is 5.91 Å². The first-order chi connectivity index (χ1) is 14.1. The molecule has 0 atom stereocenters. The van der Waals surface area contributed by atoms with Gasteiger partial charge in [-0.1, -0.05) is 36.4 Å². The van der Waals surface area contributed by atoms with E-state index in [1.807, 2.05) is 12.1 Å². The fraction of sp³-hybridized carbons (Fsp3) is 0.273. The van der Waals surface area contributed by atoms with Crippen LogP contribution in [0.3, 0.4) is 0 Å². The number of hydrogen-bond donors (Lipinski definition) is 3. The number of fused-ring (bicyclic) bond motifs is 1. The average molecular weight is 410 g/mol. The molecule has 0 bridgehead atoms. The first-order valence-electron chi connectivity index (χ1n) is 9.67. The Morgan fingerprint density at radius 2 is 1.79 bits per heavy atom. The molecule has 29 heavy (non-hydrogen) atoms. The van der Waals surface area contributed by atoms with Crippen molar-refractivity contribution in [3.05, 3.63) is 70.6 Å². The molecule has 1 aromatic heterocycles. The van der Waals surface area contributed by atoms with Crippen LogP contribution in [-0.4, -0.2) is 41.1 Å². The van der Waals surface area contributed by atoms with Gasteiger partial charge in [-0.3, -0.25) is 19.7 Å². The highest BCUT2D eigenvalue weighted by molar-refractivity contribution is 7.20. The number of rotatable bonds is 5. The highest BCUT2D eigenvalue weighted by Gasteiger charge is 2.21. The minimum atomic E-state index is -0.542. The van der Waals surface area contributed by atoms with Gasteiger partial charge in [-0.15, -0.1) is 11.3 Å². The first kappa shape index (κ1) is 19.6. The Morgan fingerprint density at radius 3 is 2.52 bits per heavy atom. The molecule has 0 unspecified atom stereocenters. The van der Waals surface area contributed by atoms with Gasteiger partial charge in [-0.05, 0) is 42.0 Å². The van der Waals surface area contributed by atoms with Gasteiger partial charge in [-0.2, -0.15) is 0 Å². The van der Waals surface area contributed by atoms with Crippen molar-refractivity contribution in [3.8, 4) is 0 Å². The number of hydroxylamine groups is 1. The number of carbonyl (C=O) groups excluding carboxylic acids is 2. The Kier molecular flexibility index (Phi) is 5.89. The Hall–Kier alpha value is -2.74. The minimum absolute atomic E-state index is 0.0880. The normalized spacial score (nSPS) is 15.3. The molecule has 2 amide bonds. The Labute approximate surface area is 173 Å². The number of likely N-dealkylation sites (tertiary alicyclic amines) is 1. The van der Waals surface area contributed by atoms with Crippen molar-refractivity contribution in [2.75, 3.05) is 13.1 Å². The molecular formula is C22H23N3O3S. The molecule has 0 radical (unpaired) electrons. The van der Waals surface area contributed by atoms with E-state index in [4.69, 9.17) is 5.21 Å². The van der Waals surface area contributed by atoms with E-state index in [2.05, 4.69) is 34.5 Å². The summed E-state index contributed by atoms with van der Waals surface area (Å²) in [6.45, 7) is 2.87. The van der Waals surface area contributed by atoms with E-state index in [1.54, 1.807) is 23.7 Å². The van der Waals surface area contributed by atoms with Crippen LogP contribution in [0, 0.1) is 0 Å². The Balaban J connectivity index is 1.34. The lowest BCUT2D eigenvalue weighted by Crippen LogP contribution is -2.44. The van der Waals surface area contributed by atoms with E-state index in [0.717, 1.165) is 42.6 Å². The van der Waals surface area contributed by atoms with Crippen LogP contribution in [0.15, 0.2) is 54.6 Å². The topological polar surface area (TPSA) is 81.7 Å². The van der Waals surface area contributed by atoms with Crippen molar-refractivity contribution in [3.63, 3.8) is 0 Å². The van der Waals surface area contributed by atoms with Crippen LogP contribution in [0.5, 0.6) is 0 Å². The molecule has 2 aromatic carbocycles. The summed E-state index contributed by atoms with van der Waals surface area (Å²) >= 11 is 1.25. The van der Waals surface area contributed by atoms with E-state index >= 15 is 0 Å². The summed E-state index contributed by atoms with van der Waals surface area (Å²) in [6.07, 6.45) is 1.86. The second-order valence-electron chi connectivity index (χ2n) is 7.31. The first-order valence-corrected chi connectivity index (χ1v) is 10.5. The highest BCUT2D eigenvalue weighted by Crippen LogP contribution is 2.27. The predicted octanol–water partition coefficient (Wildman–Crippen LogP) is 3.41. The van der Waals surface area contributed by atoms with Gasteiger partial charge in [0.1, 0.15) is 0 Å². The molecule has 1 saturated heterocycles. The maximum absolute atomic E-state index is 12.7. The van der Waals surface area contributed by atoms with Gasteiger partial charge in [0.05, 0.1) is 4.88 Å². The van der Waals surface area contributed by atoms with Gasteiger partial charge in [0.2, 0.25) is 0 Å². The van der Waals surface area contributed by atoms with Crippen LogP contribution in [0.4, 0.5) is 0 Å². The summed E-state index contributed by atoms with van der Waals surface area (Å²) in [5.41, 5.74) is 3.54. The number of nitrogens with one attached hydrogen (secondary N) is 2. The molecular weight excluding hydrogens is 386 g/mol. The fourth-order valence-electron chi connectivity index (χ4n) is 3.69. The largest absolute Gasteiger partial charge is 0.349 e. The minimum Gasteiger partial charge on any atom is -0.349 e. The standard InChI is InChI=1S/C22H23N3O3S/c26-21(17-7-6-16-12-20(22(27)24-28)29-19(16)13-17)23-18-8-10-25(11-9-18)14-15-4-2-1-3-5-15/h1-7,12-13,18,28H,8-11,14H2,(H,23,26)(H,24,27). The lowest BCUT2D eigenvalue weighted by Gasteiger charge is -2.32. The van der Waals surface area contributed by atoms with Crippen LogP contribution < -0.4 is 10.8 Å². The number of nitrogens with zero attached hydrogens (tertiary/aromatic N) is 1. The molecule has 0 spiro atoms. The van der Waals surface area contributed by atoms with Crippen LogP contribution in [-0.2, 0) is 6.54 Å². The number of amides is 2. The molecule has 4 rings (SSSR count). The van der Waals surface area contributed by atoms with Crippen LogP contribution in [0.1, 0.15) is 38.4 Å². The van der Waals surface area contributed by atoms with Gasteiger partial charge in [0.15, 0.2) is 0 Å². The maximum atomic E-state index is 12.7. The van der Waals surface area contributed by atoms with Crippen molar-refractivity contribution in [2.45, 2.75) is 25.4 Å². The van der Waals surface area contributed by atoms with Crippen molar-refractivity contribution < 1.29 is 14.8 Å². The third-order valence-corrected chi connectivity index (χ3v) is 6.38. The monoisotopic (exact) mass is 409 g/mol. The molecule has 3 aromatic rings. The number of carbonyl (C=O) groups is 2. The molecule has 3 N–H and O–H groups in total. The van der Waals surface area contributed by atoms with E-state index in [9.17, 15) is 9.59 Å². The fourth-order valence-corrected chi connectivity index (χ4v) is 4.68. The third-order valence-electron chi connectivity index (χ3n) is 5.28. The van der Waals surface area contributed by atoms with E-state index in [0.29, 0.717) is 10.4 Å². The zero-order valence-corrected chi connectivity index (χ0v) is 16.7. The molecule has 1 aliphatic heterocycles. The van der Waals surface area contributed by atoms with Crippen molar-refractivity contribution in [2.24, 2.45) is 0 Å². The van der Waals surface area contributed by atoms with Gasteiger partial charge in [-0.25, -0.2) is 5.48 Å². The van der Waals surface area contributed by atoms with E-state index in [1.165, 1.54) is 16.9 Å². The number of thiophene rings is 1. The maximum Gasteiger partial charge on any atom is 0.284 e. The number of piperidine rings is 1. The zero-order valence-electron chi connectivity index (χ0n) is 15.9. The molecule has 7 heteroatoms. The molecule has 1 aliphatic rings. The van der Waals surface area contributed by atoms with Gasteiger partial charge in [0, 0.05) is 35.9 Å². The number of hydrogen-bond acceptors (Lipinski definition) is 5. The van der Waals surface area contributed by atoms with Crippen LogP contribution in [0.25, 0.3) is 10.1 Å². The second kappa shape index (κ2) is 8.73. The Morgan fingerprint density at radius 1 is 1.03 bits per heavy atom. The molecule has 1 fully saturated rings. The lowest BCUT2D eigenvalue weighted by molar-refractivity contribution is 0.0711. The Bertz CT molecular complexity index is 1010. The summed E-state index contributed by atoms with van der Waals surface area (Å²) in [5.74, 6) is -0.630. The molecule has 0 aliphatic carbocycles. The second-order valence-corrected chi connectivity index (χ2v) is 8.40.